The van der Waals surface area contributed by atoms with E-state index in [0.717, 1.165) is 41.1 Å². The minimum absolute atomic E-state index is 0.0345. The van der Waals surface area contributed by atoms with Crippen molar-refractivity contribution in [1.82, 2.24) is 14.2 Å². The number of amides is 2. The Morgan fingerprint density at radius 3 is 2.45 bits per heavy atom. The Labute approximate surface area is 183 Å². The van der Waals surface area contributed by atoms with Gasteiger partial charge in [-0.3, -0.25) is 9.59 Å². The predicted molar refractivity (Wildman–Crippen MR) is 120 cm³/mol. The first-order valence-electron chi connectivity index (χ1n) is 10.5. The van der Waals surface area contributed by atoms with E-state index in [1.165, 1.54) is 19.3 Å². The van der Waals surface area contributed by atoms with Crippen LogP contribution in [0.1, 0.15) is 47.3 Å². The summed E-state index contributed by atoms with van der Waals surface area (Å²) in [5, 5.41) is 2.76. The molecule has 0 atom stereocenters. The molecule has 2 N–H and O–H groups in total. The van der Waals surface area contributed by atoms with Gasteiger partial charge in [-0.15, -0.1) is 0 Å². The number of benzene rings is 1. The lowest BCUT2D eigenvalue weighted by Gasteiger charge is -2.19. The van der Waals surface area contributed by atoms with Crippen LogP contribution in [-0.2, 0) is 14.8 Å². The molecule has 0 unspecified atom stereocenters. The maximum Gasteiger partial charge on any atom is 0.270 e. The maximum atomic E-state index is 12.9. The van der Waals surface area contributed by atoms with Gasteiger partial charge in [-0.1, -0.05) is 25.0 Å². The van der Waals surface area contributed by atoms with Crippen molar-refractivity contribution in [3.05, 3.63) is 47.3 Å². The minimum Gasteiger partial charge on any atom is -0.356 e. The molecule has 9 heteroatoms. The van der Waals surface area contributed by atoms with Gasteiger partial charge in [-0.2, -0.15) is 4.31 Å². The van der Waals surface area contributed by atoms with Gasteiger partial charge in [0, 0.05) is 32.0 Å². The monoisotopic (exact) mass is 446 g/mol. The molecule has 31 heavy (non-hydrogen) atoms. The summed E-state index contributed by atoms with van der Waals surface area (Å²) in [6.45, 7) is 4.81. The normalized spacial score (nSPS) is 15.0. The Hall–Kier alpha value is -2.65. The fourth-order valence-corrected chi connectivity index (χ4v) is 4.74. The highest BCUT2D eigenvalue weighted by Crippen LogP contribution is 2.20. The lowest BCUT2D eigenvalue weighted by Crippen LogP contribution is -2.35. The molecule has 1 fully saturated rings. The van der Waals surface area contributed by atoms with Gasteiger partial charge < -0.3 is 15.2 Å². The SMILES string of the molecule is Cc1ccc(C)c(NC(=O)CN(C)S(=O)(=O)c2c[nH]c(C(=O)N3CCCCCC3)c2)c1. The Morgan fingerprint density at radius 1 is 1.10 bits per heavy atom. The van der Waals surface area contributed by atoms with E-state index in [0.29, 0.717) is 18.8 Å². The molecule has 0 aliphatic carbocycles. The van der Waals surface area contributed by atoms with Crippen LogP contribution >= 0.6 is 0 Å². The van der Waals surface area contributed by atoms with E-state index < -0.39 is 15.9 Å². The zero-order valence-corrected chi connectivity index (χ0v) is 19.1. The second-order valence-corrected chi connectivity index (χ2v) is 10.1. The van der Waals surface area contributed by atoms with E-state index in [9.17, 15) is 18.0 Å². The molecule has 0 radical (unpaired) electrons. The number of aryl methyl sites for hydroxylation is 2. The van der Waals surface area contributed by atoms with Gasteiger partial charge in [-0.25, -0.2) is 8.42 Å². The lowest BCUT2D eigenvalue weighted by molar-refractivity contribution is -0.116. The van der Waals surface area contributed by atoms with Crippen LogP contribution in [0.25, 0.3) is 0 Å². The van der Waals surface area contributed by atoms with Gasteiger partial charge >= 0.3 is 0 Å². The summed E-state index contributed by atoms with van der Waals surface area (Å²) in [5.41, 5.74) is 2.79. The third-order valence-electron chi connectivity index (χ3n) is 5.52. The first-order valence-corrected chi connectivity index (χ1v) is 11.9. The van der Waals surface area contributed by atoms with Crippen molar-refractivity contribution in [1.29, 1.82) is 0 Å². The average molecular weight is 447 g/mol. The number of hydrogen-bond donors (Lipinski definition) is 2. The zero-order chi connectivity index (χ0) is 22.6. The third-order valence-corrected chi connectivity index (χ3v) is 7.30. The van der Waals surface area contributed by atoms with Crippen LogP contribution in [0.4, 0.5) is 5.69 Å². The molecule has 1 saturated heterocycles. The molecule has 0 spiro atoms. The summed E-state index contributed by atoms with van der Waals surface area (Å²) < 4.78 is 26.8. The molecular weight excluding hydrogens is 416 g/mol. The quantitative estimate of drug-likeness (QED) is 0.712. The molecule has 2 heterocycles. The molecular formula is C22H30N4O4S. The van der Waals surface area contributed by atoms with Crippen molar-refractivity contribution in [2.75, 3.05) is 32.0 Å². The highest BCUT2D eigenvalue weighted by atomic mass is 32.2. The molecule has 0 bridgehead atoms. The molecule has 0 saturated carbocycles. The molecule has 3 rings (SSSR count). The van der Waals surface area contributed by atoms with Gasteiger partial charge in [-0.05, 0) is 49.9 Å². The number of carbonyl (C=O) groups excluding carboxylic acids is 2. The van der Waals surface area contributed by atoms with E-state index in [-0.39, 0.29) is 23.0 Å². The average Bonchev–Trinajstić information content (AvgIpc) is 3.07. The maximum absolute atomic E-state index is 12.9. The predicted octanol–water partition coefficient (Wildman–Crippen LogP) is 2.91. The van der Waals surface area contributed by atoms with Crippen LogP contribution in [0.3, 0.4) is 0 Å². The number of hydrogen-bond acceptors (Lipinski definition) is 4. The third kappa shape index (κ3) is 5.54. The lowest BCUT2D eigenvalue weighted by atomic mass is 10.1. The van der Waals surface area contributed by atoms with E-state index in [4.69, 9.17) is 0 Å². The summed E-state index contributed by atoms with van der Waals surface area (Å²) in [7, 11) is -2.58. The summed E-state index contributed by atoms with van der Waals surface area (Å²) in [5.74, 6) is -0.630. The molecule has 2 aromatic rings. The minimum atomic E-state index is -3.92. The van der Waals surface area contributed by atoms with Gasteiger partial charge in [0.1, 0.15) is 10.6 Å². The van der Waals surface area contributed by atoms with Crippen molar-refractivity contribution in [2.24, 2.45) is 0 Å². The number of sulfonamides is 1. The van der Waals surface area contributed by atoms with E-state index in [1.54, 1.807) is 4.90 Å². The first kappa shape index (κ1) is 23.0. The van der Waals surface area contributed by atoms with Gasteiger partial charge in [0.25, 0.3) is 5.91 Å². The molecule has 1 aromatic heterocycles. The topological polar surface area (TPSA) is 103 Å². The molecule has 8 nitrogen and oxygen atoms in total. The molecule has 1 aromatic carbocycles. The number of likely N-dealkylation sites (tertiary alicyclic amines) is 1. The molecule has 1 aliphatic heterocycles. The summed E-state index contributed by atoms with van der Waals surface area (Å²) >= 11 is 0. The van der Waals surface area contributed by atoms with Crippen LogP contribution in [0.5, 0.6) is 0 Å². The number of H-pyrrole nitrogens is 1. The van der Waals surface area contributed by atoms with E-state index >= 15 is 0 Å². The van der Waals surface area contributed by atoms with E-state index in [2.05, 4.69) is 10.3 Å². The Morgan fingerprint density at radius 2 is 1.77 bits per heavy atom. The fraction of sp³-hybridized carbons (Fsp3) is 0.455. The Balaban J connectivity index is 1.67. The van der Waals surface area contributed by atoms with Crippen LogP contribution in [-0.4, -0.2) is 61.1 Å². The second-order valence-electron chi connectivity index (χ2n) is 8.08. The number of anilines is 1. The zero-order valence-electron chi connectivity index (χ0n) is 18.3. The van der Waals surface area contributed by atoms with Crippen LogP contribution in [0.2, 0.25) is 0 Å². The highest BCUT2D eigenvalue weighted by molar-refractivity contribution is 7.89. The Bertz CT molecular complexity index is 1050. The number of aromatic amines is 1. The number of likely N-dealkylation sites (N-methyl/N-ethyl adjacent to an activating group) is 1. The summed E-state index contributed by atoms with van der Waals surface area (Å²) in [4.78, 5) is 29.7. The van der Waals surface area contributed by atoms with Crippen LogP contribution in [0, 0.1) is 13.8 Å². The number of rotatable bonds is 6. The van der Waals surface area contributed by atoms with Crippen molar-refractivity contribution in [3.8, 4) is 0 Å². The first-order chi connectivity index (χ1) is 14.7. The van der Waals surface area contributed by atoms with Crippen molar-refractivity contribution < 1.29 is 18.0 Å². The Kier molecular flexibility index (Phi) is 7.17. The van der Waals surface area contributed by atoms with Crippen LogP contribution in [0.15, 0.2) is 35.4 Å². The van der Waals surface area contributed by atoms with Crippen molar-refractivity contribution >= 4 is 27.5 Å². The van der Waals surface area contributed by atoms with Gasteiger partial charge in [0.15, 0.2) is 0 Å². The number of aromatic nitrogens is 1. The molecule has 168 valence electrons. The standard InChI is InChI=1S/C22H30N4O4S/c1-16-8-9-17(2)19(12-16)24-21(27)15-25(3)31(29,30)18-13-20(23-14-18)22(28)26-10-6-4-5-7-11-26/h8-9,12-14,23H,4-7,10-11,15H2,1-3H3,(H,24,27). The number of nitrogens with one attached hydrogen (secondary N) is 2. The molecule has 1 aliphatic rings. The summed E-state index contributed by atoms with van der Waals surface area (Å²) in [6, 6.07) is 7.03. The van der Waals surface area contributed by atoms with Crippen molar-refractivity contribution in [3.63, 3.8) is 0 Å². The number of nitrogens with zero attached hydrogens (tertiary/aromatic N) is 2. The number of carbonyl (C=O) groups is 2. The van der Waals surface area contributed by atoms with Gasteiger partial charge in [0.05, 0.1) is 6.54 Å². The second kappa shape index (κ2) is 9.65. The largest absolute Gasteiger partial charge is 0.356 e. The van der Waals surface area contributed by atoms with Gasteiger partial charge in [0.2, 0.25) is 15.9 Å². The van der Waals surface area contributed by atoms with E-state index in [1.807, 2.05) is 32.0 Å². The molecule has 2 amide bonds. The highest BCUT2D eigenvalue weighted by Gasteiger charge is 2.27. The smallest absolute Gasteiger partial charge is 0.270 e. The van der Waals surface area contributed by atoms with Crippen molar-refractivity contribution in [2.45, 2.75) is 44.4 Å². The van der Waals surface area contributed by atoms with Crippen LogP contribution < -0.4 is 5.32 Å². The fourth-order valence-electron chi connectivity index (χ4n) is 3.62. The summed E-state index contributed by atoms with van der Waals surface area (Å²) in [6.07, 6.45) is 5.41.